The second-order valence-corrected chi connectivity index (χ2v) is 5.77. The Hall–Kier alpha value is -2.29. The van der Waals surface area contributed by atoms with Crippen molar-refractivity contribution in [2.24, 2.45) is 0 Å². The van der Waals surface area contributed by atoms with Gasteiger partial charge in [-0.05, 0) is 31.9 Å². The number of rotatable bonds is 2. The number of carbonyl (C=O) groups excluding carboxylic acids is 1. The summed E-state index contributed by atoms with van der Waals surface area (Å²) in [5.74, 6) is 0. The molecule has 0 aromatic heterocycles. The zero-order valence-electron chi connectivity index (χ0n) is 12.6. The monoisotopic (exact) mass is 280 g/mol. The van der Waals surface area contributed by atoms with E-state index in [1.807, 2.05) is 36.9 Å². The van der Waals surface area contributed by atoms with Gasteiger partial charge < -0.3 is 5.32 Å². The van der Waals surface area contributed by atoms with Crippen LogP contribution in [0.5, 0.6) is 0 Å². The normalized spacial score (nSPS) is 17.6. The second kappa shape index (κ2) is 5.24. The fraction of sp³-hybridized carbons (Fsp3) is 0.278. The van der Waals surface area contributed by atoms with Gasteiger partial charge in [-0.25, -0.2) is 4.79 Å². The summed E-state index contributed by atoms with van der Waals surface area (Å²) in [5.41, 5.74) is 4.46. The third-order valence-corrected chi connectivity index (χ3v) is 3.96. The van der Waals surface area contributed by atoms with Crippen LogP contribution in [0.2, 0.25) is 0 Å². The molecule has 1 aliphatic rings. The Labute approximate surface area is 125 Å². The van der Waals surface area contributed by atoms with Crippen LogP contribution in [0.4, 0.5) is 10.5 Å². The maximum absolute atomic E-state index is 12.5. The van der Waals surface area contributed by atoms with Crippen LogP contribution < -0.4 is 10.2 Å². The van der Waals surface area contributed by atoms with Crippen molar-refractivity contribution in [1.82, 2.24) is 5.32 Å². The van der Waals surface area contributed by atoms with Crippen LogP contribution in [0, 0.1) is 6.92 Å². The Morgan fingerprint density at radius 1 is 1.05 bits per heavy atom. The van der Waals surface area contributed by atoms with Gasteiger partial charge in [-0.1, -0.05) is 48.5 Å². The van der Waals surface area contributed by atoms with Crippen LogP contribution in [-0.4, -0.2) is 12.1 Å². The fourth-order valence-electron chi connectivity index (χ4n) is 3.02. The molecule has 108 valence electrons. The molecular formula is C18H20N2O. The summed E-state index contributed by atoms with van der Waals surface area (Å²) in [5, 5.41) is 3.13. The van der Waals surface area contributed by atoms with Gasteiger partial charge in [-0.15, -0.1) is 0 Å². The first-order chi connectivity index (χ1) is 10.1. The van der Waals surface area contributed by atoms with E-state index in [0.29, 0.717) is 0 Å². The molecule has 2 aromatic carbocycles. The van der Waals surface area contributed by atoms with Crippen molar-refractivity contribution in [2.75, 3.05) is 4.90 Å². The van der Waals surface area contributed by atoms with Crippen LogP contribution in [0.3, 0.4) is 0 Å². The number of nitrogens with one attached hydrogen (secondary N) is 1. The molecule has 1 unspecified atom stereocenters. The molecule has 0 saturated carbocycles. The summed E-state index contributed by atoms with van der Waals surface area (Å²) in [4.78, 5) is 14.4. The highest BCUT2D eigenvalue weighted by Crippen LogP contribution is 2.37. The van der Waals surface area contributed by atoms with E-state index < -0.39 is 0 Å². The number of hydrogen-bond acceptors (Lipinski definition) is 1. The van der Waals surface area contributed by atoms with Crippen molar-refractivity contribution in [3.8, 4) is 0 Å². The first kappa shape index (κ1) is 13.7. The Morgan fingerprint density at radius 3 is 2.43 bits per heavy atom. The van der Waals surface area contributed by atoms with Crippen LogP contribution in [0.25, 0.3) is 0 Å². The SMILES string of the molecule is Cc1cccc2c1N(C(C)C)C(=O)NC2c1ccccc1. The second-order valence-electron chi connectivity index (χ2n) is 5.77. The molecule has 2 aromatic rings. The third kappa shape index (κ3) is 2.29. The van der Waals surface area contributed by atoms with Crippen LogP contribution in [0.15, 0.2) is 48.5 Å². The van der Waals surface area contributed by atoms with Crippen molar-refractivity contribution >= 4 is 11.7 Å². The predicted molar refractivity (Wildman–Crippen MR) is 85.6 cm³/mol. The number of nitrogens with zero attached hydrogens (tertiary/aromatic N) is 1. The lowest BCUT2D eigenvalue weighted by Gasteiger charge is -2.38. The highest BCUT2D eigenvalue weighted by atomic mass is 16.2. The molecule has 0 radical (unpaired) electrons. The average Bonchev–Trinajstić information content (AvgIpc) is 2.48. The number of urea groups is 1. The smallest absolute Gasteiger partial charge is 0.322 e. The summed E-state index contributed by atoms with van der Waals surface area (Å²) < 4.78 is 0. The maximum Gasteiger partial charge on any atom is 0.322 e. The molecule has 0 fully saturated rings. The summed E-state index contributed by atoms with van der Waals surface area (Å²) in [6.45, 7) is 6.14. The number of para-hydroxylation sites is 1. The predicted octanol–water partition coefficient (Wildman–Crippen LogP) is 4.02. The van der Waals surface area contributed by atoms with Crippen LogP contribution in [0.1, 0.15) is 36.6 Å². The summed E-state index contributed by atoms with van der Waals surface area (Å²) in [6.07, 6.45) is 0. The molecule has 1 atom stereocenters. The molecule has 0 bridgehead atoms. The van der Waals surface area contributed by atoms with E-state index in [9.17, 15) is 4.79 Å². The number of carbonyl (C=O) groups is 1. The third-order valence-electron chi connectivity index (χ3n) is 3.96. The molecule has 0 spiro atoms. The summed E-state index contributed by atoms with van der Waals surface area (Å²) in [6, 6.07) is 16.4. The van der Waals surface area contributed by atoms with Gasteiger partial charge in [0.15, 0.2) is 0 Å². The van der Waals surface area contributed by atoms with E-state index in [1.165, 1.54) is 0 Å². The molecular weight excluding hydrogens is 260 g/mol. The zero-order valence-corrected chi connectivity index (χ0v) is 12.6. The van der Waals surface area contributed by atoms with E-state index in [0.717, 1.165) is 22.4 Å². The lowest BCUT2D eigenvalue weighted by molar-refractivity contribution is 0.241. The fourth-order valence-corrected chi connectivity index (χ4v) is 3.02. The lowest BCUT2D eigenvalue weighted by atomic mass is 9.92. The number of amides is 2. The first-order valence-corrected chi connectivity index (χ1v) is 7.33. The molecule has 0 aliphatic carbocycles. The van der Waals surface area contributed by atoms with Gasteiger partial charge in [0.1, 0.15) is 0 Å². The van der Waals surface area contributed by atoms with Crippen molar-refractivity contribution in [3.05, 3.63) is 65.2 Å². The van der Waals surface area contributed by atoms with Gasteiger partial charge >= 0.3 is 6.03 Å². The number of aryl methyl sites for hydroxylation is 1. The molecule has 3 rings (SSSR count). The van der Waals surface area contributed by atoms with E-state index in [4.69, 9.17) is 0 Å². The van der Waals surface area contributed by atoms with Gasteiger partial charge in [-0.3, -0.25) is 4.90 Å². The largest absolute Gasteiger partial charge is 0.327 e. The zero-order chi connectivity index (χ0) is 15.0. The quantitative estimate of drug-likeness (QED) is 0.885. The van der Waals surface area contributed by atoms with E-state index >= 15 is 0 Å². The Balaban J connectivity index is 2.18. The number of anilines is 1. The van der Waals surface area contributed by atoms with E-state index in [2.05, 4.69) is 42.6 Å². The molecule has 0 saturated heterocycles. The van der Waals surface area contributed by atoms with Crippen LogP contribution in [-0.2, 0) is 0 Å². The van der Waals surface area contributed by atoms with Crippen LogP contribution >= 0.6 is 0 Å². The molecule has 1 aliphatic heterocycles. The standard InChI is InChI=1S/C18H20N2O/c1-12(2)20-17-13(3)8-7-11-15(17)16(19-18(20)21)14-9-5-4-6-10-14/h4-12,16H,1-3H3,(H,19,21). The van der Waals surface area contributed by atoms with E-state index in [1.54, 1.807) is 0 Å². The van der Waals surface area contributed by atoms with Crippen molar-refractivity contribution in [3.63, 3.8) is 0 Å². The Morgan fingerprint density at radius 2 is 1.76 bits per heavy atom. The molecule has 1 N–H and O–H groups in total. The highest BCUT2D eigenvalue weighted by molar-refractivity contribution is 5.97. The Kier molecular flexibility index (Phi) is 3.42. The summed E-state index contributed by atoms with van der Waals surface area (Å²) in [7, 11) is 0. The average molecular weight is 280 g/mol. The Bertz CT molecular complexity index is 664. The molecule has 21 heavy (non-hydrogen) atoms. The van der Waals surface area contributed by atoms with Crippen molar-refractivity contribution in [1.29, 1.82) is 0 Å². The van der Waals surface area contributed by atoms with Crippen molar-refractivity contribution in [2.45, 2.75) is 32.9 Å². The van der Waals surface area contributed by atoms with Gasteiger partial charge in [-0.2, -0.15) is 0 Å². The molecule has 3 heteroatoms. The van der Waals surface area contributed by atoms with Crippen molar-refractivity contribution < 1.29 is 4.79 Å². The number of hydrogen-bond donors (Lipinski definition) is 1. The molecule has 1 heterocycles. The first-order valence-electron chi connectivity index (χ1n) is 7.33. The highest BCUT2D eigenvalue weighted by Gasteiger charge is 2.33. The number of benzene rings is 2. The number of fused-ring (bicyclic) bond motifs is 1. The summed E-state index contributed by atoms with van der Waals surface area (Å²) >= 11 is 0. The van der Waals surface area contributed by atoms with E-state index in [-0.39, 0.29) is 18.1 Å². The minimum atomic E-state index is -0.0800. The minimum Gasteiger partial charge on any atom is -0.327 e. The van der Waals surface area contributed by atoms with Gasteiger partial charge in [0.05, 0.1) is 11.7 Å². The maximum atomic E-state index is 12.5. The lowest BCUT2D eigenvalue weighted by Crippen LogP contribution is -2.50. The van der Waals surface area contributed by atoms with Gasteiger partial charge in [0.2, 0.25) is 0 Å². The van der Waals surface area contributed by atoms with Gasteiger partial charge in [0.25, 0.3) is 0 Å². The molecule has 2 amide bonds. The molecule has 3 nitrogen and oxygen atoms in total. The topological polar surface area (TPSA) is 32.3 Å². The van der Waals surface area contributed by atoms with Gasteiger partial charge in [0, 0.05) is 11.6 Å². The minimum absolute atomic E-state index is 0.0272.